The quantitative estimate of drug-likeness (QED) is 0.624. The lowest BCUT2D eigenvalue weighted by molar-refractivity contribution is -0.118. The molecule has 4 heteroatoms. The molecule has 1 amide bonds. The fraction of sp³-hybridized carbons (Fsp3) is 0.0952. The molecule has 0 aromatic heterocycles. The van der Waals surface area contributed by atoms with Crippen molar-refractivity contribution < 1.29 is 9.53 Å². The molecule has 0 heterocycles. The largest absolute Gasteiger partial charge is 0.484 e. The maximum atomic E-state index is 12.0. The van der Waals surface area contributed by atoms with Crippen LogP contribution in [0, 0.1) is 6.92 Å². The highest BCUT2D eigenvalue weighted by Gasteiger charge is 2.05. The Balaban J connectivity index is 1.56. The number of carbonyl (C=O) groups excluding carboxylic acids is 1. The normalized spacial score (nSPS) is 10.3. The highest BCUT2D eigenvalue weighted by Crippen LogP contribution is 2.22. The van der Waals surface area contributed by atoms with Crippen LogP contribution in [-0.2, 0) is 4.79 Å². The third-order valence-electron chi connectivity index (χ3n) is 3.77. The van der Waals surface area contributed by atoms with E-state index in [0.717, 1.165) is 26.9 Å². The summed E-state index contributed by atoms with van der Waals surface area (Å²) < 4.78 is 6.58. The van der Waals surface area contributed by atoms with Crippen molar-refractivity contribution in [2.75, 3.05) is 11.9 Å². The fourth-order valence-electron chi connectivity index (χ4n) is 2.44. The molecule has 0 spiro atoms. The Hall–Kier alpha value is -2.59. The van der Waals surface area contributed by atoms with Crippen molar-refractivity contribution in [2.24, 2.45) is 0 Å². The first-order chi connectivity index (χ1) is 12.1. The maximum absolute atomic E-state index is 12.0. The number of amides is 1. The minimum absolute atomic E-state index is 0.0280. The van der Waals surface area contributed by atoms with Crippen LogP contribution in [0.15, 0.2) is 77.3 Å². The third kappa shape index (κ3) is 4.70. The summed E-state index contributed by atoms with van der Waals surface area (Å²) in [6, 6.07) is 23.5. The molecule has 3 aromatic carbocycles. The van der Waals surface area contributed by atoms with E-state index in [4.69, 9.17) is 4.74 Å². The van der Waals surface area contributed by atoms with Gasteiger partial charge < -0.3 is 10.1 Å². The first-order valence-corrected chi connectivity index (χ1v) is 8.75. The van der Waals surface area contributed by atoms with Crippen molar-refractivity contribution in [3.8, 4) is 16.9 Å². The zero-order chi connectivity index (χ0) is 17.6. The highest BCUT2D eigenvalue weighted by molar-refractivity contribution is 9.10. The second-order valence-electron chi connectivity index (χ2n) is 5.69. The SMILES string of the molecule is Cc1cc(NC(=O)COc2ccc(-c3ccccc3)cc2)ccc1Br. The Bertz CT molecular complexity index is 861. The van der Waals surface area contributed by atoms with Crippen LogP contribution in [0.4, 0.5) is 5.69 Å². The number of hydrogen-bond acceptors (Lipinski definition) is 2. The van der Waals surface area contributed by atoms with Crippen molar-refractivity contribution in [1.82, 2.24) is 0 Å². The molecular weight excluding hydrogens is 378 g/mol. The Morgan fingerprint density at radius 1 is 0.960 bits per heavy atom. The number of aryl methyl sites for hydroxylation is 1. The Labute approximate surface area is 155 Å². The van der Waals surface area contributed by atoms with E-state index in [1.165, 1.54) is 0 Å². The molecule has 0 atom stereocenters. The predicted octanol–water partition coefficient (Wildman–Crippen LogP) is 5.44. The van der Waals surface area contributed by atoms with Crippen molar-refractivity contribution in [3.05, 3.63) is 82.8 Å². The van der Waals surface area contributed by atoms with E-state index in [9.17, 15) is 4.79 Å². The molecule has 0 bridgehead atoms. The van der Waals surface area contributed by atoms with Gasteiger partial charge in [-0.25, -0.2) is 0 Å². The van der Waals surface area contributed by atoms with Crippen LogP contribution in [0.2, 0.25) is 0 Å². The number of nitrogens with one attached hydrogen (secondary N) is 1. The topological polar surface area (TPSA) is 38.3 Å². The Morgan fingerprint density at radius 3 is 2.32 bits per heavy atom. The number of carbonyl (C=O) groups is 1. The summed E-state index contributed by atoms with van der Waals surface area (Å²) >= 11 is 3.44. The van der Waals surface area contributed by atoms with Gasteiger partial charge in [-0.1, -0.05) is 58.4 Å². The number of rotatable bonds is 5. The minimum atomic E-state index is -0.186. The molecule has 3 rings (SSSR count). The van der Waals surface area contributed by atoms with E-state index in [-0.39, 0.29) is 12.5 Å². The van der Waals surface area contributed by atoms with Crippen LogP contribution in [0.3, 0.4) is 0 Å². The predicted molar refractivity (Wildman–Crippen MR) is 105 cm³/mol. The zero-order valence-electron chi connectivity index (χ0n) is 13.8. The lowest BCUT2D eigenvalue weighted by atomic mass is 10.1. The Morgan fingerprint density at radius 2 is 1.64 bits per heavy atom. The molecule has 1 N–H and O–H groups in total. The molecule has 0 saturated carbocycles. The minimum Gasteiger partial charge on any atom is -0.484 e. The van der Waals surface area contributed by atoms with Gasteiger partial charge in [0.1, 0.15) is 5.75 Å². The lowest BCUT2D eigenvalue weighted by Gasteiger charge is -2.09. The van der Waals surface area contributed by atoms with Gasteiger partial charge in [-0.3, -0.25) is 4.79 Å². The molecule has 3 aromatic rings. The Kier molecular flexibility index (Phi) is 5.51. The maximum Gasteiger partial charge on any atom is 0.262 e. The standard InChI is InChI=1S/C21H18BrNO2/c1-15-13-18(9-12-20(15)22)23-21(24)14-25-19-10-7-17(8-11-19)16-5-3-2-4-6-16/h2-13H,14H2,1H3,(H,23,24). The lowest BCUT2D eigenvalue weighted by Crippen LogP contribution is -2.20. The van der Waals surface area contributed by atoms with Crippen molar-refractivity contribution >= 4 is 27.5 Å². The second kappa shape index (κ2) is 7.99. The number of benzene rings is 3. The molecule has 126 valence electrons. The highest BCUT2D eigenvalue weighted by atomic mass is 79.9. The van der Waals surface area contributed by atoms with Gasteiger partial charge in [0.15, 0.2) is 6.61 Å². The monoisotopic (exact) mass is 395 g/mol. The van der Waals surface area contributed by atoms with Gasteiger partial charge in [0.2, 0.25) is 0 Å². The van der Waals surface area contributed by atoms with Crippen LogP contribution in [0.1, 0.15) is 5.56 Å². The van der Waals surface area contributed by atoms with Gasteiger partial charge >= 0.3 is 0 Å². The van der Waals surface area contributed by atoms with Crippen LogP contribution in [0.25, 0.3) is 11.1 Å². The molecule has 0 fully saturated rings. The molecule has 0 saturated heterocycles. The van der Waals surface area contributed by atoms with Gasteiger partial charge in [-0.05, 0) is 53.9 Å². The van der Waals surface area contributed by atoms with E-state index in [0.29, 0.717) is 5.75 Å². The second-order valence-corrected chi connectivity index (χ2v) is 6.55. The first kappa shape index (κ1) is 17.2. The summed E-state index contributed by atoms with van der Waals surface area (Å²) in [5.41, 5.74) is 4.09. The average Bonchev–Trinajstić information content (AvgIpc) is 2.64. The van der Waals surface area contributed by atoms with Crippen molar-refractivity contribution in [3.63, 3.8) is 0 Å². The molecule has 0 radical (unpaired) electrons. The summed E-state index contributed by atoms with van der Waals surface area (Å²) in [4.78, 5) is 12.0. The molecule has 3 nitrogen and oxygen atoms in total. The molecule has 25 heavy (non-hydrogen) atoms. The summed E-state index contributed by atoms with van der Waals surface area (Å²) in [5.74, 6) is 0.482. The summed E-state index contributed by atoms with van der Waals surface area (Å²) in [7, 11) is 0. The zero-order valence-corrected chi connectivity index (χ0v) is 15.4. The first-order valence-electron chi connectivity index (χ1n) is 7.96. The van der Waals surface area contributed by atoms with Gasteiger partial charge in [-0.15, -0.1) is 0 Å². The molecule has 0 aliphatic heterocycles. The van der Waals surface area contributed by atoms with Gasteiger partial charge in [0, 0.05) is 10.2 Å². The average molecular weight is 396 g/mol. The number of hydrogen-bond donors (Lipinski definition) is 1. The fourth-order valence-corrected chi connectivity index (χ4v) is 2.69. The molecule has 0 unspecified atom stereocenters. The summed E-state index contributed by atoms with van der Waals surface area (Å²) in [6.07, 6.45) is 0. The van der Waals surface area contributed by atoms with E-state index >= 15 is 0 Å². The van der Waals surface area contributed by atoms with Crippen LogP contribution in [-0.4, -0.2) is 12.5 Å². The van der Waals surface area contributed by atoms with E-state index in [2.05, 4.69) is 33.4 Å². The number of halogens is 1. The summed E-state index contributed by atoms with van der Waals surface area (Å²) in [5, 5.41) is 2.83. The van der Waals surface area contributed by atoms with E-state index in [1.54, 1.807) is 0 Å². The van der Waals surface area contributed by atoms with Crippen LogP contribution >= 0.6 is 15.9 Å². The van der Waals surface area contributed by atoms with Gasteiger partial charge in [0.05, 0.1) is 0 Å². The number of anilines is 1. The van der Waals surface area contributed by atoms with Crippen molar-refractivity contribution in [1.29, 1.82) is 0 Å². The van der Waals surface area contributed by atoms with E-state index in [1.807, 2.05) is 67.6 Å². The van der Waals surface area contributed by atoms with E-state index < -0.39 is 0 Å². The summed E-state index contributed by atoms with van der Waals surface area (Å²) in [6.45, 7) is 1.95. The third-order valence-corrected chi connectivity index (χ3v) is 4.66. The van der Waals surface area contributed by atoms with Gasteiger partial charge in [0.25, 0.3) is 5.91 Å². The molecule has 0 aliphatic carbocycles. The van der Waals surface area contributed by atoms with Crippen LogP contribution < -0.4 is 10.1 Å². The van der Waals surface area contributed by atoms with Crippen molar-refractivity contribution in [2.45, 2.75) is 6.92 Å². The smallest absolute Gasteiger partial charge is 0.262 e. The van der Waals surface area contributed by atoms with Crippen LogP contribution in [0.5, 0.6) is 5.75 Å². The molecular formula is C21H18BrNO2. The van der Waals surface area contributed by atoms with Gasteiger partial charge in [-0.2, -0.15) is 0 Å². The molecule has 0 aliphatic rings. The number of ether oxygens (including phenoxy) is 1.